The Kier molecular flexibility index (Phi) is 5.72. The van der Waals surface area contributed by atoms with Crippen LogP contribution in [-0.4, -0.2) is 41.9 Å². The van der Waals surface area contributed by atoms with Crippen molar-refractivity contribution in [3.05, 3.63) is 45.8 Å². The van der Waals surface area contributed by atoms with Crippen molar-refractivity contribution < 1.29 is 13.2 Å². The van der Waals surface area contributed by atoms with Crippen molar-refractivity contribution in [1.29, 1.82) is 0 Å². The lowest BCUT2D eigenvalue weighted by Gasteiger charge is -2.32. The average Bonchev–Trinajstić information content (AvgIpc) is 2.58. The molecule has 0 bridgehead atoms. The van der Waals surface area contributed by atoms with E-state index in [9.17, 15) is 8.42 Å². The Hall–Kier alpha value is -1.41. The maximum atomic E-state index is 13.0. The van der Waals surface area contributed by atoms with Crippen molar-refractivity contribution in [2.45, 2.75) is 37.7 Å². The molecule has 9 heteroatoms. The number of aromatic nitrogens is 2. The highest BCUT2D eigenvalue weighted by Gasteiger charge is 2.33. The molecular weight excluding hydrogens is 397 g/mol. The fraction of sp³-hybridized carbons (Fsp3) is 0.412. The van der Waals surface area contributed by atoms with Crippen LogP contribution < -0.4 is 4.74 Å². The van der Waals surface area contributed by atoms with Gasteiger partial charge in [0.15, 0.2) is 0 Å². The van der Waals surface area contributed by atoms with Gasteiger partial charge in [0, 0.05) is 23.8 Å². The molecule has 1 saturated heterocycles. The zero-order chi connectivity index (χ0) is 18.9. The van der Waals surface area contributed by atoms with E-state index in [2.05, 4.69) is 9.97 Å². The van der Waals surface area contributed by atoms with Crippen molar-refractivity contribution in [2.24, 2.45) is 0 Å². The maximum Gasteiger partial charge on any atom is 0.244 e. The van der Waals surface area contributed by atoms with Crippen LogP contribution in [0.3, 0.4) is 0 Å². The molecule has 140 valence electrons. The molecule has 0 aliphatic carbocycles. The molecule has 1 aliphatic heterocycles. The Morgan fingerprint density at radius 2 is 2.00 bits per heavy atom. The molecule has 1 aromatic heterocycles. The van der Waals surface area contributed by atoms with Gasteiger partial charge in [0.25, 0.3) is 0 Å². The third kappa shape index (κ3) is 4.11. The summed E-state index contributed by atoms with van der Waals surface area (Å²) in [7, 11) is -3.74. The number of halogens is 2. The molecule has 0 radical (unpaired) electrons. The van der Waals surface area contributed by atoms with E-state index in [0.717, 1.165) is 6.42 Å². The van der Waals surface area contributed by atoms with Crippen molar-refractivity contribution in [1.82, 2.24) is 14.3 Å². The summed E-state index contributed by atoms with van der Waals surface area (Å²) in [6, 6.07) is 4.64. The van der Waals surface area contributed by atoms with Gasteiger partial charge >= 0.3 is 0 Å². The molecule has 1 unspecified atom stereocenters. The SMILES string of the molecule is Cc1nccc(OC2CCCN(S(=O)(=O)c3cc(C)c(Cl)cc3Cl)C2)n1. The first-order valence-electron chi connectivity index (χ1n) is 8.19. The Bertz CT molecular complexity index is 921. The normalized spacial score (nSPS) is 18.7. The predicted molar refractivity (Wildman–Crippen MR) is 100 cm³/mol. The highest BCUT2D eigenvalue weighted by molar-refractivity contribution is 7.89. The number of rotatable bonds is 4. The molecule has 0 saturated carbocycles. The van der Waals surface area contributed by atoms with Crippen molar-refractivity contribution in [3.8, 4) is 5.88 Å². The first kappa shape index (κ1) is 19.4. The average molecular weight is 416 g/mol. The van der Waals surface area contributed by atoms with E-state index in [1.54, 1.807) is 26.1 Å². The number of aryl methyl sites for hydroxylation is 2. The zero-order valence-corrected chi connectivity index (χ0v) is 16.8. The van der Waals surface area contributed by atoms with Gasteiger partial charge in [-0.25, -0.2) is 13.4 Å². The molecule has 3 rings (SSSR count). The quantitative estimate of drug-likeness (QED) is 0.761. The third-order valence-corrected chi connectivity index (χ3v) is 6.95. The van der Waals surface area contributed by atoms with Crippen LogP contribution in [0.4, 0.5) is 0 Å². The highest BCUT2D eigenvalue weighted by atomic mass is 35.5. The molecular formula is C17H19Cl2N3O3S. The van der Waals surface area contributed by atoms with Gasteiger partial charge < -0.3 is 4.74 Å². The highest BCUT2D eigenvalue weighted by Crippen LogP contribution is 2.31. The van der Waals surface area contributed by atoms with Crippen LogP contribution in [0.2, 0.25) is 10.0 Å². The molecule has 2 heterocycles. The number of benzene rings is 1. The first-order chi connectivity index (χ1) is 12.3. The minimum atomic E-state index is -3.74. The largest absolute Gasteiger partial charge is 0.473 e. The lowest BCUT2D eigenvalue weighted by Crippen LogP contribution is -2.44. The molecule has 1 fully saturated rings. The van der Waals surface area contributed by atoms with Gasteiger partial charge in [-0.2, -0.15) is 9.29 Å². The number of nitrogens with zero attached hydrogens (tertiary/aromatic N) is 3. The molecule has 2 aromatic rings. The summed E-state index contributed by atoms with van der Waals surface area (Å²) in [6.45, 7) is 4.18. The summed E-state index contributed by atoms with van der Waals surface area (Å²) < 4.78 is 33.3. The molecule has 0 N–H and O–H groups in total. The maximum absolute atomic E-state index is 13.0. The van der Waals surface area contributed by atoms with Crippen LogP contribution in [-0.2, 0) is 10.0 Å². The second-order valence-electron chi connectivity index (χ2n) is 6.22. The molecule has 1 atom stereocenters. The molecule has 1 aromatic carbocycles. The third-order valence-electron chi connectivity index (χ3n) is 4.21. The van der Waals surface area contributed by atoms with Gasteiger partial charge in [-0.05, 0) is 44.4 Å². The van der Waals surface area contributed by atoms with Gasteiger partial charge in [0.05, 0.1) is 11.6 Å². The van der Waals surface area contributed by atoms with Crippen LogP contribution in [0.15, 0.2) is 29.3 Å². The number of piperidine rings is 1. The van der Waals surface area contributed by atoms with Gasteiger partial charge in [0.2, 0.25) is 15.9 Å². The Labute approximate surface area is 163 Å². The lowest BCUT2D eigenvalue weighted by molar-refractivity contribution is 0.124. The summed E-state index contributed by atoms with van der Waals surface area (Å²) in [4.78, 5) is 8.31. The van der Waals surface area contributed by atoms with E-state index in [-0.39, 0.29) is 22.6 Å². The second-order valence-corrected chi connectivity index (χ2v) is 8.94. The van der Waals surface area contributed by atoms with E-state index >= 15 is 0 Å². The Balaban J connectivity index is 1.81. The summed E-state index contributed by atoms with van der Waals surface area (Å²) >= 11 is 12.2. The first-order valence-corrected chi connectivity index (χ1v) is 10.4. The molecule has 1 aliphatic rings. The zero-order valence-electron chi connectivity index (χ0n) is 14.4. The van der Waals surface area contributed by atoms with E-state index in [1.807, 2.05) is 0 Å². The van der Waals surface area contributed by atoms with Gasteiger partial charge in [-0.15, -0.1) is 0 Å². The second kappa shape index (κ2) is 7.68. The number of hydrogen-bond acceptors (Lipinski definition) is 5. The van der Waals surface area contributed by atoms with E-state index in [0.29, 0.717) is 35.3 Å². The standard InChI is InChI=1S/C17H19Cl2N3O3S/c1-11-8-16(15(19)9-14(11)18)26(23,24)22-7-3-4-13(10-22)25-17-5-6-20-12(2)21-17/h5-6,8-9,13H,3-4,7,10H2,1-2H3. The van der Waals surface area contributed by atoms with Crippen LogP contribution in [0.1, 0.15) is 24.2 Å². The van der Waals surface area contributed by atoms with Gasteiger partial charge in [-0.3, -0.25) is 0 Å². The Morgan fingerprint density at radius 3 is 2.73 bits per heavy atom. The summed E-state index contributed by atoms with van der Waals surface area (Å²) in [5, 5.41) is 0.558. The van der Waals surface area contributed by atoms with Crippen LogP contribution in [0, 0.1) is 13.8 Å². The predicted octanol–water partition coefficient (Wildman–Crippen LogP) is 3.63. The van der Waals surface area contributed by atoms with Gasteiger partial charge in [-0.1, -0.05) is 23.2 Å². The smallest absolute Gasteiger partial charge is 0.244 e. The summed E-state index contributed by atoms with van der Waals surface area (Å²) in [6.07, 6.45) is 2.78. The Morgan fingerprint density at radius 1 is 1.23 bits per heavy atom. The van der Waals surface area contributed by atoms with Crippen LogP contribution in [0.5, 0.6) is 5.88 Å². The van der Waals surface area contributed by atoms with Gasteiger partial charge in [0.1, 0.15) is 16.8 Å². The molecule has 0 amide bonds. The number of sulfonamides is 1. The molecule has 6 nitrogen and oxygen atoms in total. The lowest BCUT2D eigenvalue weighted by atomic mass is 10.1. The topological polar surface area (TPSA) is 72.4 Å². The van der Waals surface area contributed by atoms with E-state index in [1.165, 1.54) is 16.4 Å². The van der Waals surface area contributed by atoms with Crippen molar-refractivity contribution in [2.75, 3.05) is 13.1 Å². The monoisotopic (exact) mass is 415 g/mol. The number of hydrogen-bond donors (Lipinski definition) is 0. The van der Waals surface area contributed by atoms with E-state index < -0.39 is 10.0 Å². The fourth-order valence-electron chi connectivity index (χ4n) is 2.86. The summed E-state index contributed by atoms with van der Waals surface area (Å²) in [5.41, 5.74) is 0.663. The fourth-order valence-corrected chi connectivity index (χ4v) is 5.17. The summed E-state index contributed by atoms with van der Waals surface area (Å²) in [5.74, 6) is 1.05. The van der Waals surface area contributed by atoms with Crippen molar-refractivity contribution in [3.63, 3.8) is 0 Å². The van der Waals surface area contributed by atoms with Crippen LogP contribution in [0.25, 0.3) is 0 Å². The minimum Gasteiger partial charge on any atom is -0.473 e. The minimum absolute atomic E-state index is 0.0691. The molecule has 0 spiro atoms. The van der Waals surface area contributed by atoms with Crippen molar-refractivity contribution >= 4 is 33.2 Å². The molecule has 26 heavy (non-hydrogen) atoms. The van der Waals surface area contributed by atoms with E-state index in [4.69, 9.17) is 27.9 Å². The van der Waals surface area contributed by atoms with Crippen LogP contribution >= 0.6 is 23.2 Å². The number of ether oxygens (including phenoxy) is 1.